The third kappa shape index (κ3) is 3.81. The molecule has 0 aliphatic carbocycles. The summed E-state index contributed by atoms with van der Waals surface area (Å²) in [5.41, 5.74) is 0.493. The number of carbonyl (C=O) groups is 1. The van der Waals surface area contributed by atoms with E-state index in [9.17, 15) is 4.79 Å². The minimum absolute atomic E-state index is 0.0149. The average Bonchev–Trinajstić information content (AvgIpc) is 3.44. The second-order valence-corrected chi connectivity index (χ2v) is 7.96. The predicted molar refractivity (Wildman–Crippen MR) is 102 cm³/mol. The van der Waals surface area contributed by atoms with E-state index in [-0.39, 0.29) is 5.91 Å². The Morgan fingerprint density at radius 3 is 2.89 bits per heavy atom. The van der Waals surface area contributed by atoms with Gasteiger partial charge in [0.1, 0.15) is 11.3 Å². The van der Waals surface area contributed by atoms with Gasteiger partial charge in [0, 0.05) is 37.4 Å². The van der Waals surface area contributed by atoms with Gasteiger partial charge in [-0.1, -0.05) is 0 Å². The van der Waals surface area contributed by atoms with Crippen LogP contribution in [0, 0.1) is 6.92 Å². The Bertz CT molecular complexity index is 864. The molecule has 0 bridgehead atoms. The second kappa shape index (κ2) is 7.66. The van der Waals surface area contributed by atoms with Gasteiger partial charge in [-0.15, -0.1) is 11.3 Å². The highest BCUT2D eigenvalue weighted by Crippen LogP contribution is 2.31. The molecule has 8 heteroatoms. The fourth-order valence-corrected chi connectivity index (χ4v) is 4.25. The lowest BCUT2D eigenvalue weighted by Crippen LogP contribution is -2.54. The molecule has 1 aliphatic rings. The Labute approximate surface area is 162 Å². The highest BCUT2D eigenvalue weighted by Gasteiger charge is 2.42. The van der Waals surface area contributed by atoms with Crippen LogP contribution in [0.2, 0.25) is 0 Å². The van der Waals surface area contributed by atoms with Crippen molar-refractivity contribution >= 4 is 17.2 Å². The lowest BCUT2D eigenvalue weighted by atomic mass is 9.86. The van der Waals surface area contributed by atoms with Crippen molar-refractivity contribution in [2.24, 2.45) is 0 Å². The molecule has 1 aliphatic heterocycles. The summed E-state index contributed by atoms with van der Waals surface area (Å²) in [5.74, 6) is 0.765. The minimum Gasteiger partial charge on any atom is -0.467 e. The van der Waals surface area contributed by atoms with Gasteiger partial charge in [-0.25, -0.2) is 9.97 Å². The van der Waals surface area contributed by atoms with Crippen LogP contribution in [0.15, 0.2) is 46.9 Å². The molecule has 3 aromatic rings. The maximum atomic E-state index is 13.2. The molecule has 0 spiro atoms. The molecule has 0 radical (unpaired) electrons. The zero-order chi connectivity index (χ0) is 18.7. The molecule has 7 nitrogen and oxygen atoms in total. The van der Waals surface area contributed by atoms with Crippen molar-refractivity contribution in [2.45, 2.75) is 38.4 Å². The molecular formula is C19H23N5O2S. The number of aryl methyl sites for hydroxylation is 1. The van der Waals surface area contributed by atoms with Crippen molar-refractivity contribution in [1.29, 1.82) is 0 Å². The minimum atomic E-state index is -0.614. The van der Waals surface area contributed by atoms with Crippen LogP contribution < -0.4 is 5.32 Å². The second-order valence-electron chi connectivity index (χ2n) is 6.90. The van der Waals surface area contributed by atoms with Gasteiger partial charge in [-0.3, -0.25) is 9.69 Å². The molecule has 27 heavy (non-hydrogen) atoms. The number of piperidine rings is 1. The SMILES string of the molecule is Cc1nc(CN2CCC(C(=O)NCc3ccco3)(n3ccnc3)CC2)cs1. The van der Waals surface area contributed by atoms with E-state index in [0.717, 1.165) is 48.9 Å². The number of thiazole rings is 1. The van der Waals surface area contributed by atoms with E-state index in [0.29, 0.717) is 6.54 Å². The van der Waals surface area contributed by atoms with Crippen molar-refractivity contribution in [3.8, 4) is 0 Å². The number of carbonyl (C=O) groups excluding carboxylic acids is 1. The van der Waals surface area contributed by atoms with Gasteiger partial charge in [0.2, 0.25) is 5.91 Å². The summed E-state index contributed by atoms with van der Waals surface area (Å²) in [7, 11) is 0. The van der Waals surface area contributed by atoms with Crippen molar-refractivity contribution in [1.82, 2.24) is 24.8 Å². The Morgan fingerprint density at radius 2 is 2.26 bits per heavy atom. The predicted octanol–water partition coefficient (Wildman–Crippen LogP) is 2.55. The molecule has 4 heterocycles. The quantitative estimate of drug-likeness (QED) is 0.706. The largest absolute Gasteiger partial charge is 0.467 e. The van der Waals surface area contributed by atoms with Gasteiger partial charge in [-0.05, 0) is 31.9 Å². The standard InChI is InChI=1S/C19H23N5O2S/c1-15-22-16(13-27-15)12-23-7-4-19(5-8-23,24-9-6-20-14-24)18(25)21-11-17-3-2-10-26-17/h2-3,6,9-10,13-14H,4-5,7-8,11-12H2,1H3,(H,21,25). The van der Waals surface area contributed by atoms with Gasteiger partial charge < -0.3 is 14.3 Å². The Morgan fingerprint density at radius 1 is 1.41 bits per heavy atom. The normalized spacial score (nSPS) is 17.1. The Kier molecular flexibility index (Phi) is 5.09. The topological polar surface area (TPSA) is 76.2 Å². The fraction of sp³-hybridized carbons (Fsp3) is 0.421. The molecule has 4 rings (SSSR count). The Hall–Kier alpha value is -2.45. The summed E-state index contributed by atoms with van der Waals surface area (Å²) in [6.07, 6.45) is 8.43. The van der Waals surface area contributed by atoms with Crippen molar-refractivity contribution < 1.29 is 9.21 Å². The van der Waals surface area contributed by atoms with Crippen LogP contribution in [-0.2, 0) is 23.4 Å². The first-order chi connectivity index (χ1) is 13.2. The van der Waals surface area contributed by atoms with Crippen LogP contribution in [0.5, 0.6) is 0 Å². The van der Waals surface area contributed by atoms with Gasteiger partial charge in [0.25, 0.3) is 0 Å². The van der Waals surface area contributed by atoms with Crippen LogP contribution in [0.3, 0.4) is 0 Å². The monoisotopic (exact) mass is 385 g/mol. The molecule has 1 saturated heterocycles. The summed E-state index contributed by atoms with van der Waals surface area (Å²) in [6.45, 7) is 4.92. The fourth-order valence-electron chi connectivity index (χ4n) is 3.65. The van der Waals surface area contributed by atoms with Gasteiger partial charge in [0.05, 0.1) is 29.8 Å². The summed E-state index contributed by atoms with van der Waals surface area (Å²) in [5, 5.41) is 6.25. The number of aromatic nitrogens is 3. The summed E-state index contributed by atoms with van der Waals surface area (Å²) in [6, 6.07) is 3.69. The lowest BCUT2D eigenvalue weighted by Gasteiger charge is -2.41. The van der Waals surface area contributed by atoms with E-state index in [2.05, 4.69) is 25.6 Å². The molecule has 3 aromatic heterocycles. The third-order valence-corrected chi connectivity index (χ3v) is 5.98. The molecule has 1 N–H and O–H groups in total. The first kappa shape index (κ1) is 17.9. The molecule has 0 aromatic carbocycles. The van der Waals surface area contributed by atoms with E-state index in [4.69, 9.17) is 4.42 Å². The zero-order valence-electron chi connectivity index (χ0n) is 15.3. The van der Waals surface area contributed by atoms with Crippen LogP contribution in [0.25, 0.3) is 0 Å². The number of amides is 1. The summed E-state index contributed by atoms with van der Waals surface area (Å²) in [4.78, 5) is 24.2. The van der Waals surface area contributed by atoms with Crippen molar-refractivity contribution in [2.75, 3.05) is 13.1 Å². The molecule has 1 amide bonds. The van der Waals surface area contributed by atoms with Crippen molar-refractivity contribution in [3.63, 3.8) is 0 Å². The number of imidazole rings is 1. The third-order valence-electron chi connectivity index (χ3n) is 5.16. The first-order valence-electron chi connectivity index (χ1n) is 9.08. The molecule has 0 atom stereocenters. The van der Waals surface area contributed by atoms with Crippen LogP contribution in [-0.4, -0.2) is 38.4 Å². The van der Waals surface area contributed by atoms with Crippen LogP contribution in [0.1, 0.15) is 29.3 Å². The first-order valence-corrected chi connectivity index (χ1v) is 9.96. The number of hydrogen-bond acceptors (Lipinski definition) is 6. The number of nitrogens with zero attached hydrogens (tertiary/aromatic N) is 4. The van der Waals surface area contributed by atoms with Gasteiger partial charge in [-0.2, -0.15) is 0 Å². The number of hydrogen-bond donors (Lipinski definition) is 1. The van der Waals surface area contributed by atoms with E-state index < -0.39 is 5.54 Å². The lowest BCUT2D eigenvalue weighted by molar-refractivity contribution is -0.133. The Balaban J connectivity index is 1.45. The maximum Gasteiger partial charge on any atom is 0.246 e. The van der Waals surface area contributed by atoms with E-state index in [1.54, 1.807) is 30.1 Å². The molecule has 142 valence electrons. The van der Waals surface area contributed by atoms with Crippen molar-refractivity contribution in [3.05, 3.63) is 59.0 Å². The summed E-state index contributed by atoms with van der Waals surface area (Å²) < 4.78 is 7.29. The smallest absolute Gasteiger partial charge is 0.246 e. The highest BCUT2D eigenvalue weighted by molar-refractivity contribution is 7.09. The summed E-state index contributed by atoms with van der Waals surface area (Å²) >= 11 is 1.68. The maximum absolute atomic E-state index is 13.2. The number of rotatable bonds is 6. The molecule has 0 unspecified atom stereocenters. The number of likely N-dealkylation sites (tertiary alicyclic amines) is 1. The average molecular weight is 385 g/mol. The highest BCUT2D eigenvalue weighted by atomic mass is 32.1. The molecule has 1 fully saturated rings. The van der Waals surface area contributed by atoms with E-state index in [1.165, 1.54) is 0 Å². The number of furan rings is 1. The van der Waals surface area contributed by atoms with Gasteiger partial charge >= 0.3 is 0 Å². The van der Waals surface area contributed by atoms with Gasteiger partial charge in [0.15, 0.2) is 0 Å². The molecule has 0 saturated carbocycles. The molecular weight excluding hydrogens is 362 g/mol. The van der Waals surface area contributed by atoms with Crippen LogP contribution >= 0.6 is 11.3 Å². The van der Waals surface area contributed by atoms with E-state index in [1.807, 2.05) is 29.8 Å². The van der Waals surface area contributed by atoms with Crippen LogP contribution in [0.4, 0.5) is 0 Å². The van der Waals surface area contributed by atoms with E-state index >= 15 is 0 Å². The number of nitrogens with one attached hydrogen (secondary N) is 1. The zero-order valence-corrected chi connectivity index (χ0v) is 16.1.